The van der Waals surface area contributed by atoms with Crippen molar-refractivity contribution in [3.05, 3.63) is 75.9 Å². The topological polar surface area (TPSA) is 37.3 Å². The van der Waals surface area contributed by atoms with Gasteiger partial charge in [0.05, 0.1) is 0 Å². The maximum Gasteiger partial charge on any atom is 0.189 e. The van der Waals surface area contributed by atoms with E-state index in [0.29, 0.717) is 11.1 Å². The van der Waals surface area contributed by atoms with E-state index in [2.05, 4.69) is 0 Å². The third-order valence-corrected chi connectivity index (χ3v) is 3.57. The Morgan fingerprint density at radius 1 is 0.857 bits per heavy atom. The minimum atomic E-state index is -0.176. The molecule has 108 valence electrons. The smallest absolute Gasteiger partial charge is 0.189 e. The van der Waals surface area contributed by atoms with E-state index in [1.807, 2.05) is 58.0 Å². The third kappa shape index (κ3) is 3.40. The number of aliphatic hydroxyl groups is 1. The average molecular weight is 280 g/mol. The summed E-state index contributed by atoms with van der Waals surface area (Å²) in [5.41, 5.74) is 5.44. The second kappa shape index (κ2) is 5.96. The predicted molar refractivity (Wildman–Crippen MR) is 86.8 cm³/mol. The second-order valence-electron chi connectivity index (χ2n) is 5.53. The molecule has 0 unspecified atom stereocenters. The zero-order chi connectivity index (χ0) is 15.6. The molecule has 0 atom stereocenters. The van der Waals surface area contributed by atoms with Crippen molar-refractivity contribution in [2.75, 3.05) is 0 Å². The number of allylic oxidation sites excluding steroid dienone is 1. The summed E-state index contributed by atoms with van der Waals surface area (Å²) >= 11 is 0. The second-order valence-corrected chi connectivity index (χ2v) is 5.53. The largest absolute Gasteiger partial charge is 0.507 e. The number of benzene rings is 2. The summed E-state index contributed by atoms with van der Waals surface area (Å²) in [6.07, 6.45) is 1.30. The number of ketones is 1. The number of aryl methyl sites for hydroxylation is 4. The van der Waals surface area contributed by atoms with Crippen LogP contribution in [0.3, 0.4) is 0 Å². The monoisotopic (exact) mass is 280 g/mol. The highest BCUT2D eigenvalue weighted by Gasteiger charge is 2.10. The summed E-state index contributed by atoms with van der Waals surface area (Å²) in [6, 6.07) is 11.4. The summed E-state index contributed by atoms with van der Waals surface area (Å²) in [4.78, 5) is 12.3. The van der Waals surface area contributed by atoms with Gasteiger partial charge < -0.3 is 5.11 Å². The molecule has 0 radical (unpaired) electrons. The molecule has 2 aromatic rings. The first kappa shape index (κ1) is 15.0. The van der Waals surface area contributed by atoms with E-state index in [9.17, 15) is 9.90 Å². The van der Waals surface area contributed by atoms with Crippen molar-refractivity contribution in [2.24, 2.45) is 0 Å². The Morgan fingerprint density at radius 2 is 1.33 bits per heavy atom. The molecule has 0 saturated heterocycles. The maximum absolute atomic E-state index is 12.3. The van der Waals surface area contributed by atoms with Crippen LogP contribution in [0.4, 0.5) is 0 Å². The molecule has 0 aliphatic carbocycles. The van der Waals surface area contributed by atoms with Gasteiger partial charge in [-0.3, -0.25) is 4.79 Å². The summed E-state index contributed by atoms with van der Waals surface area (Å²) in [6.45, 7) is 7.82. The Kier molecular flexibility index (Phi) is 4.27. The van der Waals surface area contributed by atoms with Gasteiger partial charge in [-0.1, -0.05) is 47.5 Å². The van der Waals surface area contributed by atoms with Gasteiger partial charge >= 0.3 is 0 Å². The standard InChI is InChI=1S/C19H20O2/c1-12-5-7-16(14(3)9-12)18(20)11-19(21)17-8-6-13(2)10-15(17)4/h5-11,20H,1-4H3. The fourth-order valence-electron chi connectivity index (χ4n) is 2.47. The van der Waals surface area contributed by atoms with Crippen LogP contribution < -0.4 is 0 Å². The Bertz CT molecular complexity index is 724. The lowest BCUT2D eigenvalue weighted by atomic mass is 9.99. The van der Waals surface area contributed by atoms with E-state index >= 15 is 0 Å². The van der Waals surface area contributed by atoms with Crippen LogP contribution in [0.2, 0.25) is 0 Å². The highest BCUT2D eigenvalue weighted by atomic mass is 16.3. The molecule has 0 heterocycles. The maximum atomic E-state index is 12.3. The summed E-state index contributed by atoms with van der Waals surface area (Å²) in [7, 11) is 0. The molecule has 2 aromatic carbocycles. The van der Waals surface area contributed by atoms with Gasteiger partial charge in [0.2, 0.25) is 0 Å². The number of rotatable bonds is 3. The molecule has 0 aliphatic heterocycles. The molecule has 0 fully saturated rings. The number of carbonyl (C=O) groups is 1. The quantitative estimate of drug-likeness (QED) is 0.502. The van der Waals surface area contributed by atoms with Crippen LogP contribution in [-0.4, -0.2) is 10.9 Å². The van der Waals surface area contributed by atoms with Crippen molar-refractivity contribution >= 4 is 11.5 Å². The van der Waals surface area contributed by atoms with Gasteiger partial charge in [-0.2, -0.15) is 0 Å². The molecular formula is C19H20O2. The van der Waals surface area contributed by atoms with E-state index in [1.165, 1.54) is 6.08 Å². The van der Waals surface area contributed by atoms with Crippen LogP contribution in [0, 0.1) is 27.7 Å². The van der Waals surface area contributed by atoms with E-state index in [-0.39, 0.29) is 11.5 Å². The Hall–Kier alpha value is -2.35. The summed E-state index contributed by atoms with van der Waals surface area (Å²) < 4.78 is 0. The third-order valence-electron chi connectivity index (χ3n) is 3.57. The SMILES string of the molecule is Cc1ccc(C(=O)C=C(O)c2ccc(C)cc2C)c(C)c1. The molecule has 0 aliphatic rings. The number of hydrogen-bond donors (Lipinski definition) is 1. The van der Waals surface area contributed by atoms with Crippen molar-refractivity contribution in [1.29, 1.82) is 0 Å². The van der Waals surface area contributed by atoms with Crippen LogP contribution in [0.1, 0.15) is 38.2 Å². The lowest BCUT2D eigenvalue weighted by molar-refractivity contribution is 0.104. The molecule has 0 spiro atoms. The van der Waals surface area contributed by atoms with Crippen LogP contribution in [0.25, 0.3) is 5.76 Å². The van der Waals surface area contributed by atoms with Crippen molar-refractivity contribution in [1.82, 2.24) is 0 Å². The van der Waals surface area contributed by atoms with Gasteiger partial charge in [0.15, 0.2) is 5.78 Å². The molecule has 2 nitrogen and oxygen atoms in total. The predicted octanol–water partition coefficient (Wildman–Crippen LogP) is 4.70. The molecule has 0 bridgehead atoms. The Balaban J connectivity index is 2.36. The van der Waals surface area contributed by atoms with Crippen molar-refractivity contribution < 1.29 is 9.90 Å². The fraction of sp³-hybridized carbons (Fsp3) is 0.211. The van der Waals surface area contributed by atoms with E-state index in [4.69, 9.17) is 0 Å². The molecule has 1 N–H and O–H groups in total. The summed E-state index contributed by atoms with van der Waals surface area (Å²) in [5.74, 6) is -0.164. The van der Waals surface area contributed by atoms with Crippen molar-refractivity contribution in [3.63, 3.8) is 0 Å². The number of carbonyl (C=O) groups excluding carboxylic acids is 1. The zero-order valence-corrected chi connectivity index (χ0v) is 12.9. The first-order valence-corrected chi connectivity index (χ1v) is 6.98. The first-order valence-electron chi connectivity index (χ1n) is 6.98. The highest BCUT2D eigenvalue weighted by molar-refractivity contribution is 6.08. The van der Waals surface area contributed by atoms with Gasteiger partial charge in [-0.25, -0.2) is 0 Å². The van der Waals surface area contributed by atoms with Crippen LogP contribution in [0.15, 0.2) is 42.5 Å². The molecule has 0 saturated carbocycles. The summed E-state index contributed by atoms with van der Waals surface area (Å²) in [5, 5.41) is 10.2. The lowest BCUT2D eigenvalue weighted by Gasteiger charge is -2.07. The van der Waals surface area contributed by atoms with Crippen LogP contribution >= 0.6 is 0 Å². The number of hydrogen-bond acceptors (Lipinski definition) is 2. The fourth-order valence-corrected chi connectivity index (χ4v) is 2.47. The molecular weight excluding hydrogens is 260 g/mol. The van der Waals surface area contributed by atoms with Gasteiger partial charge in [0.25, 0.3) is 0 Å². The van der Waals surface area contributed by atoms with Gasteiger partial charge in [0, 0.05) is 17.2 Å². The van der Waals surface area contributed by atoms with Crippen LogP contribution in [-0.2, 0) is 0 Å². The van der Waals surface area contributed by atoms with Crippen LogP contribution in [0.5, 0.6) is 0 Å². The zero-order valence-electron chi connectivity index (χ0n) is 12.9. The average Bonchev–Trinajstić information content (AvgIpc) is 2.37. The van der Waals surface area contributed by atoms with Gasteiger partial charge in [0.1, 0.15) is 5.76 Å². The van der Waals surface area contributed by atoms with E-state index in [0.717, 1.165) is 22.3 Å². The highest BCUT2D eigenvalue weighted by Crippen LogP contribution is 2.20. The Labute approximate surface area is 125 Å². The van der Waals surface area contributed by atoms with Gasteiger partial charge in [-0.05, 0) is 38.8 Å². The lowest BCUT2D eigenvalue weighted by Crippen LogP contribution is -2.00. The van der Waals surface area contributed by atoms with E-state index in [1.54, 1.807) is 6.07 Å². The number of aliphatic hydroxyl groups excluding tert-OH is 1. The first-order chi connectivity index (χ1) is 9.88. The normalized spacial score (nSPS) is 11.5. The molecule has 21 heavy (non-hydrogen) atoms. The minimum Gasteiger partial charge on any atom is -0.507 e. The van der Waals surface area contributed by atoms with E-state index < -0.39 is 0 Å². The molecule has 2 rings (SSSR count). The van der Waals surface area contributed by atoms with Crippen molar-refractivity contribution in [3.8, 4) is 0 Å². The molecule has 0 aromatic heterocycles. The minimum absolute atomic E-state index is 0.0116. The Morgan fingerprint density at radius 3 is 1.81 bits per heavy atom. The molecule has 2 heteroatoms. The van der Waals surface area contributed by atoms with Crippen molar-refractivity contribution in [2.45, 2.75) is 27.7 Å². The molecule has 0 amide bonds. The van der Waals surface area contributed by atoms with Gasteiger partial charge in [-0.15, -0.1) is 0 Å².